The van der Waals surface area contributed by atoms with Crippen LogP contribution in [-0.2, 0) is 12.8 Å². The minimum Gasteiger partial charge on any atom is -0.352 e. The Morgan fingerprint density at radius 1 is 0.947 bits per heavy atom. The zero-order valence-electron chi connectivity index (χ0n) is 11.2. The molecule has 98 valence electrons. The second kappa shape index (κ2) is 6.74. The Balaban J connectivity index is 1.84. The van der Waals surface area contributed by atoms with Gasteiger partial charge in [0.2, 0.25) is 0 Å². The maximum absolute atomic E-state index is 11.9. The van der Waals surface area contributed by atoms with Crippen LogP contribution in [0.25, 0.3) is 0 Å². The molecule has 0 aliphatic heterocycles. The Labute approximate surface area is 114 Å². The summed E-state index contributed by atoms with van der Waals surface area (Å²) in [5.41, 5.74) is 3.22. The first-order valence-corrected chi connectivity index (χ1v) is 6.70. The van der Waals surface area contributed by atoms with Gasteiger partial charge in [-0.2, -0.15) is 0 Å². The van der Waals surface area contributed by atoms with Crippen molar-refractivity contribution in [2.45, 2.75) is 19.8 Å². The number of hydrogen-bond acceptors (Lipinski definition) is 1. The highest BCUT2D eigenvalue weighted by molar-refractivity contribution is 5.94. The fraction of sp³-hybridized carbons (Fsp3) is 0.235. The van der Waals surface area contributed by atoms with Crippen molar-refractivity contribution in [3.8, 4) is 0 Å². The lowest BCUT2D eigenvalue weighted by Crippen LogP contribution is -2.25. The molecule has 0 atom stereocenters. The van der Waals surface area contributed by atoms with Gasteiger partial charge in [-0.1, -0.05) is 49.4 Å². The number of carbonyl (C=O) groups excluding carboxylic acids is 1. The lowest BCUT2D eigenvalue weighted by molar-refractivity contribution is 0.0954. The first-order valence-electron chi connectivity index (χ1n) is 6.70. The third kappa shape index (κ3) is 3.95. The number of benzene rings is 2. The van der Waals surface area contributed by atoms with Crippen molar-refractivity contribution in [3.63, 3.8) is 0 Å². The van der Waals surface area contributed by atoms with Crippen molar-refractivity contribution in [2.75, 3.05) is 6.54 Å². The molecule has 0 spiro atoms. The Morgan fingerprint density at radius 2 is 1.63 bits per heavy atom. The molecule has 1 amide bonds. The van der Waals surface area contributed by atoms with Crippen LogP contribution < -0.4 is 5.32 Å². The molecule has 2 nitrogen and oxygen atoms in total. The Hall–Kier alpha value is -2.09. The molecule has 2 aromatic carbocycles. The van der Waals surface area contributed by atoms with E-state index < -0.39 is 0 Å². The predicted molar refractivity (Wildman–Crippen MR) is 78.3 cm³/mol. The van der Waals surface area contributed by atoms with E-state index in [1.54, 1.807) is 0 Å². The van der Waals surface area contributed by atoms with E-state index in [-0.39, 0.29) is 5.91 Å². The van der Waals surface area contributed by atoms with Gasteiger partial charge >= 0.3 is 0 Å². The van der Waals surface area contributed by atoms with Crippen LogP contribution in [0.2, 0.25) is 0 Å². The number of aryl methyl sites for hydroxylation is 1. The molecule has 0 aliphatic carbocycles. The van der Waals surface area contributed by atoms with Gasteiger partial charge in [-0.05, 0) is 36.1 Å². The minimum atomic E-state index is -0.00131. The van der Waals surface area contributed by atoms with Crippen LogP contribution in [-0.4, -0.2) is 12.5 Å². The van der Waals surface area contributed by atoms with E-state index in [0.29, 0.717) is 6.54 Å². The molecule has 0 saturated heterocycles. The van der Waals surface area contributed by atoms with Crippen LogP contribution in [0.4, 0.5) is 0 Å². The van der Waals surface area contributed by atoms with E-state index >= 15 is 0 Å². The molecule has 0 unspecified atom stereocenters. The predicted octanol–water partition coefficient (Wildman–Crippen LogP) is 3.22. The van der Waals surface area contributed by atoms with Gasteiger partial charge in [0.05, 0.1) is 0 Å². The van der Waals surface area contributed by atoms with Crippen molar-refractivity contribution in [1.29, 1.82) is 0 Å². The van der Waals surface area contributed by atoms with Crippen molar-refractivity contribution in [1.82, 2.24) is 5.32 Å². The van der Waals surface area contributed by atoms with E-state index in [2.05, 4.69) is 24.4 Å². The highest BCUT2D eigenvalue weighted by Crippen LogP contribution is 2.05. The molecule has 0 fully saturated rings. The average Bonchev–Trinajstić information content (AvgIpc) is 2.48. The third-order valence-electron chi connectivity index (χ3n) is 3.17. The molecule has 0 radical (unpaired) electrons. The lowest BCUT2D eigenvalue weighted by Gasteiger charge is -2.06. The first-order chi connectivity index (χ1) is 9.29. The van der Waals surface area contributed by atoms with Gasteiger partial charge in [-0.25, -0.2) is 0 Å². The largest absolute Gasteiger partial charge is 0.352 e. The number of rotatable bonds is 5. The molecule has 19 heavy (non-hydrogen) atoms. The Morgan fingerprint density at radius 3 is 2.26 bits per heavy atom. The van der Waals surface area contributed by atoms with Gasteiger partial charge in [-0.15, -0.1) is 0 Å². The van der Waals surface area contributed by atoms with Gasteiger partial charge in [0.25, 0.3) is 5.91 Å². The topological polar surface area (TPSA) is 29.1 Å². The highest BCUT2D eigenvalue weighted by Gasteiger charge is 2.04. The zero-order valence-corrected chi connectivity index (χ0v) is 11.2. The maximum atomic E-state index is 11.9. The molecular formula is C17H19NO. The molecule has 2 heteroatoms. The summed E-state index contributed by atoms with van der Waals surface area (Å²) in [6, 6.07) is 18.0. The first kappa shape index (κ1) is 13.3. The summed E-state index contributed by atoms with van der Waals surface area (Å²) in [4.78, 5) is 11.9. The molecule has 0 bridgehead atoms. The van der Waals surface area contributed by atoms with E-state index in [0.717, 1.165) is 18.4 Å². The Bertz CT molecular complexity index is 517. The SMILES string of the molecule is CCc1ccc(C(=O)NCCc2ccccc2)cc1. The zero-order chi connectivity index (χ0) is 13.5. The van der Waals surface area contributed by atoms with Gasteiger partial charge < -0.3 is 5.32 Å². The van der Waals surface area contributed by atoms with E-state index in [1.165, 1.54) is 11.1 Å². The van der Waals surface area contributed by atoms with Crippen LogP contribution in [0.5, 0.6) is 0 Å². The molecule has 0 heterocycles. The maximum Gasteiger partial charge on any atom is 0.251 e. The number of amides is 1. The monoisotopic (exact) mass is 253 g/mol. The molecule has 2 aromatic rings. The van der Waals surface area contributed by atoms with Crippen LogP contribution in [0.3, 0.4) is 0 Å². The number of carbonyl (C=O) groups is 1. The van der Waals surface area contributed by atoms with Crippen LogP contribution >= 0.6 is 0 Å². The summed E-state index contributed by atoms with van der Waals surface area (Å²) in [5.74, 6) is -0.00131. The van der Waals surface area contributed by atoms with Crippen LogP contribution in [0.15, 0.2) is 54.6 Å². The van der Waals surface area contributed by atoms with Crippen molar-refractivity contribution < 1.29 is 4.79 Å². The van der Waals surface area contributed by atoms with Crippen molar-refractivity contribution >= 4 is 5.91 Å². The summed E-state index contributed by atoms with van der Waals surface area (Å²) < 4.78 is 0. The van der Waals surface area contributed by atoms with Gasteiger partial charge in [0, 0.05) is 12.1 Å². The summed E-state index contributed by atoms with van der Waals surface area (Å²) in [6.07, 6.45) is 1.86. The second-order valence-electron chi connectivity index (χ2n) is 4.54. The van der Waals surface area contributed by atoms with Crippen LogP contribution in [0, 0.1) is 0 Å². The fourth-order valence-electron chi connectivity index (χ4n) is 1.96. The van der Waals surface area contributed by atoms with E-state index in [1.807, 2.05) is 42.5 Å². The molecule has 0 saturated carbocycles. The second-order valence-corrected chi connectivity index (χ2v) is 4.54. The van der Waals surface area contributed by atoms with E-state index in [4.69, 9.17) is 0 Å². The summed E-state index contributed by atoms with van der Waals surface area (Å²) in [7, 11) is 0. The summed E-state index contributed by atoms with van der Waals surface area (Å²) in [6.45, 7) is 2.77. The highest BCUT2D eigenvalue weighted by atomic mass is 16.1. The average molecular weight is 253 g/mol. The lowest BCUT2D eigenvalue weighted by atomic mass is 10.1. The van der Waals surface area contributed by atoms with Crippen molar-refractivity contribution in [2.24, 2.45) is 0 Å². The quantitative estimate of drug-likeness (QED) is 0.871. The van der Waals surface area contributed by atoms with Gasteiger partial charge in [-0.3, -0.25) is 4.79 Å². The van der Waals surface area contributed by atoms with Crippen LogP contribution in [0.1, 0.15) is 28.4 Å². The van der Waals surface area contributed by atoms with E-state index in [9.17, 15) is 4.79 Å². The van der Waals surface area contributed by atoms with Crippen molar-refractivity contribution in [3.05, 3.63) is 71.3 Å². The van der Waals surface area contributed by atoms with Gasteiger partial charge in [0.1, 0.15) is 0 Å². The smallest absolute Gasteiger partial charge is 0.251 e. The number of nitrogens with one attached hydrogen (secondary N) is 1. The standard InChI is InChI=1S/C17H19NO/c1-2-14-8-10-16(11-9-14)17(19)18-13-12-15-6-4-3-5-7-15/h3-11H,2,12-13H2,1H3,(H,18,19). The molecule has 2 rings (SSSR count). The summed E-state index contributed by atoms with van der Waals surface area (Å²) >= 11 is 0. The normalized spacial score (nSPS) is 10.2. The fourth-order valence-corrected chi connectivity index (χ4v) is 1.96. The minimum absolute atomic E-state index is 0.00131. The molecular weight excluding hydrogens is 234 g/mol. The molecule has 0 aromatic heterocycles. The number of hydrogen-bond donors (Lipinski definition) is 1. The molecule has 0 aliphatic rings. The molecule has 1 N–H and O–H groups in total. The summed E-state index contributed by atoms with van der Waals surface area (Å²) in [5, 5.41) is 2.95. The van der Waals surface area contributed by atoms with Gasteiger partial charge in [0.15, 0.2) is 0 Å². The Kier molecular flexibility index (Phi) is 4.73. The third-order valence-corrected chi connectivity index (χ3v) is 3.17.